The molecule has 1 aliphatic rings. The fraction of sp³-hybridized carbons (Fsp3) is 0.538. The van der Waals surface area contributed by atoms with Crippen molar-refractivity contribution in [3.63, 3.8) is 0 Å². The van der Waals surface area contributed by atoms with E-state index in [4.69, 9.17) is 11.6 Å². The second-order valence-electron chi connectivity index (χ2n) is 5.22. The van der Waals surface area contributed by atoms with Gasteiger partial charge in [0.2, 0.25) is 0 Å². The molecule has 1 aromatic rings. The van der Waals surface area contributed by atoms with E-state index in [1.807, 2.05) is 0 Å². The minimum Gasteiger partial charge on any atom is -0.389 e. The van der Waals surface area contributed by atoms with Gasteiger partial charge >= 0.3 is 0 Å². The van der Waals surface area contributed by atoms with Crippen molar-refractivity contribution in [1.29, 1.82) is 0 Å². The maximum absolute atomic E-state index is 13.3. The first-order valence-corrected chi connectivity index (χ1v) is 5.89. The van der Waals surface area contributed by atoms with E-state index in [2.05, 4.69) is 6.92 Å². The van der Waals surface area contributed by atoms with Crippen molar-refractivity contribution in [3.8, 4) is 0 Å². The summed E-state index contributed by atoms with van der Waals surface area (Å²) in [6.45, 7) is 3.86. The third-order valence-electron chi connectivity index (χ3n) is 3.87. The molecule has 1 nitrogen and oxygen atoms in total. The molecule has 0 aliphatic heterocycles. The van der Waals surface area contributed by atoms with Crippen molar-refractivity contribution < 1.29 is 9.50 Å². The van der Waals surface area contributed by atoms with Crippen LogP contribution in [0.1, 0.15) is 32.3 Å². The lowest BCUT2D eigenvalue weighted by atomic mass is 9.82. The van der Waals surface area contributed by atoms with E-state index in [1.165, 1.54) is 6.07 Å². The molecule has 1 aliphatic carbocycles. The fourth-order valence-corrected chi connectivity index (χ4v) is 2.19. The first kappa shape index (κ1) is 11.9. The van der Waals surface area contributed by atoms with E-state index in [0.29, 0.717) is 12.0 Å². The van der Waals surface area contributed by atoms with Gasteiger partial charge < -0.3 is 5.11 Å². The molecule has 1 saturated carbocycles. The monoisotopic (exact) mass is 242 g/mol. The Morgan fingerprint density at radius 2 is 2.12 bits per heavy atom. The normalized spacial score (nSPS) is 21.6. The molecule has 0 bridgehead atoms. The molecular formula is C13H16ClFO. The molecule has 16 heavy (non-hydrogen) atoms. The maximum atomic E-state index is 13.3. The van der Waals surface area contributed by atoms with Crippen molar-refractivity contribution in [2.24, 2.45) is 5.41 Å². The molecule has 0 saturated heterocycles. The minimum absolute atomic E-state index is 0.0390. The molecule has 0 amide bonds. The molecule has 0 heterocycles. The topological polar surface area (TPSA) is 20.2 Å². The third-order valence-corrected chi connectivity index (χ3v) is 4.29. The SMILES string of the molecule is CC(O)(Cc1cccc(F)c1Cl)C1(C)CC1. The highest BCUT2D eigenvalue weighted by Gasteiger charge is 2.52. The van der Waals surface area contributed by atoms with E-state index in [0.717, 1.165) is 12.8 Å². The van der Waals surface area contributed by atoms with Gasteiger partial charge in [0, 0.05) is 6.42 Å². The summed E-state index contributed by atoms with van der Waals surface area (Å²) in [4.78, 5) is 0. The molecule has 3 heteroatoms. The van der Waals surface area contributed by atoms with Gasteiger partial charge in [-0.15, -0.1) is 0 Å². The van der Waals surface area contributed by atoms with Crippen LogP contribution in [0.3, 0.4) is 0 Å². The van der Waals surface area contributed by atoms with E-state index in [1.54, 1.807) is 19.1 Å². The lowest BCUT2D eigenvalue weighted by Crippen LogP contribution is -2.36. The summed E-state index contributed by atoms with van der Waals surface area (Å²) in [6, 6.07) is 4.73. The van der Waals surface area contributed by atoms with Crippen molar-refractivity contribution in [3.05, 3.63) is 34.6 Å². The van der Waals surface area contributed by atoms with Gasteiger partial charge in [-0.2, -0.15) is 0 Å². The van der Waals surface area contributed by atoms with Crippen LogP contribution in [0, 0.1) is 11.2 Å². The van der Waals surface area contributed by atoms with E-state index < -0.39 is 11.4 Å². The van der Waals surface area contributed by atoms with Gasteiger partial charge in [0.05, 0.1) is 10.6 Å². The van der Waals surface area contributed by atoms with Gasteiger partial charge in [0.1, 0.15) is 5.82 Å². The quantitative estimate of drug-likeness (QED) is 0.859. The summed E-state index contributed by atoms with van der Waals surface area (Å²) in [6.07, 6.45) is 2.44. The zero-order valence-electron chi connectivity index (χ0n) is 9.56. The Hall–Kier alpha value is -0.600. The molecule has 0 aromatic heterocycles. The van der Waals surface area contributed by atoms with E-state index in [9.17, 15) is 9.50 Å². The zero-order chi connectivity index (χ0) is 12.0. The molecule has 2 rings (SSSR count). The van der Waals surface area contributed by atoms with Crippen molar-refractivity contribution in [2.45, 2.75) is 38.7 Å². The summed E-state index contributed by atoms with van der Waals surface area (Å²) in [5, 5.41) is 10.5. The number of halogens is 2. The highest BCUT2D eigenvalue weighted by Crippen LogP contribution is 2.54. The Morgan fingerprint density at radius 1 is 1.50 bits per heavy atom. The van der Waals surface area contributed by atoms with Gasteiger partial charge in [-0.25, -0.2) is 4.39 Å². The smallest absolute Gasteiger partial charge is 0.142 e. The van der Waals surface area contributed by atoms with Gasteiger partial charge in [-0.3, -0.25) is 0 Å². The molecule has 1 aromatic carbocycles. The zero-order valence-corrected chi connectivity index (χ0v) is 10.3. The van der Waals surface area contributed by atoms with Crippen LogP contribution in [-0.2, 0) is 6.42 Å². The Labute approximate surface area is 100 Å². The summed E-state index contributed by atoms with van der Waals surface area (Å²) >= 11 is 5.88. The van der Waals surface area contributed by atoms with Crippen molar-refractivity contribution in [1.82, 2.24) is 0 Å². The van der Waals surface area contributed by atoms with Crippen LogP contribution in [0.15, 0.2) is 18.2 Å². The molecule has 1 N–H and O–H groups in total. The van der Waals surface area contributed by atoms with E-state index in [-0.39, 0.29) is 10.4 Å². The predicted octanol–water partition coefficient (Wildman–Crippen LogP) is 3.57. The first-order valence-electron chi connectivity index (χ1n) is 5.51. The molecule has 88 valence electrons. The first-order chi connectivity index (χ1) is 7.36. The highest BCUT2D eigenvalue weighted by molar-refractivity contribution is 6.31. The Bertz CT molecular complexity index is 410. The standard InChI is InChI=1S/C13H16ClFO/c1-12(6-7-12)13(2,16)8-9-4-3-5-10(15)11(9)14/h3-5,16H,6-8H2,1-2H3. The Balaban J connectivity index is 2.24. The average molecular weight is 243 g/mol. The van der Waals surface area contributed by atoms with Crippen molar-refractivity contribution >= 4 is 11.6 Å². The van der Waals surface area contributed by atoms with Gasteiger partial charge in [0.25, 0.3) is 0 Å². The van der Waals surface area contributed by atoms with E-state index >= 15 is 0 Å². The van der Waals surface area contributed by atoms with Crippen LogP contribution in [0.5, 0.6) is 0 Å². The number of hydrogen-bond donors (Lipinski definition) is 1. The number of benzene rings is 1. The second-order valence-corrected chi connectivity index (χ2v) is 5.60. The number of hydrogen-bond acceptors (Lipinski definition) is 1. The summed E-state index contributed by atoms with van der Waals surface area (Å²) in [7, 11) is 0. The molecule has 1 atom stereocenters. The van der Waals surface area contributed by atoms with Crippen molar-refractivity contribution in [2.75, 3.05) is 0 Å². The third kappa shape index (κ3) is 1.96. The van der Waals surface area contributed by atoms with Crippen LogP contribution in [0.4, 0.5) is 4.39 Å². The van der Waals surface area contributed by atoms with Crippen LogP contribution >= 0.6 is 11.6 Å². The lowest BCUT2D eigenvalue weighted by molar-refractivity contribution is -0.00704. The molecule has 0 radical (unpaired) electrons. The van der Waals surface area contributed by atoms with Gasteiger partial charge in [-0.05, 0) is 36.8 Å². The summed E-state index contributed by atoms with van der Waals surface area (Å²) in [5.74, 6) is -0.420. The Morgan fingerprint density at radius 3 is 2.69 bits per heavy atom. The largest absolute Gasteiger partial charge is 0.389 e. The summed E-state index contributed by atoms with van der Waals surface area (Å²) < 4.78 is 13.3. The van der Waals surface area contributed by atoms with Crippen LogP contribution < -0.4 is 0 Å². The van der Waals surface area contributed by atoms with Crippen LogP contribution in [0.25, 0.3) is 0 Å². The molecule has 1 unspecified atom stereocenters. The maximum Gasteiger partial charge on any atom is 0.142 e. The summed E-state index contributed by atoms with van der Waals surface area (Å²) in [5.41, 5.74) is -0.174. The molecule has 0 spiro atoms. The minimum atomic E-state index is -0.815. The van der Waals surface area contributed by atoms with Crippen LogP contribution in [-0.4, -0.2) is 10.7 Å². The number of aliphatic hydroxyl groups is 1. The Kier molecular flexibility index (Phi) is 2.75. The second kappa shape index (κ2) is 3.71. The highest BCUT2D eigenvalue weighted by atomic mass is 35.5. The fourth-order valence-electron chi connectivity index (χ4n) is 2.00. The molecular weight excluding hydrogens is 227 g/mol. The predicted molar refractivity (Wildman–Crippen MR) is 63.1 cm³/mol. The lowest BCUT2D eigenvalue weighted by Gasteiger charge is -2.31. The van der Waals surface area contributed by atoms with Gasteiger partial charge in [-0.1, -0.05) is 30.7 Å². The molecule has 1 fully saturated rings. The average Bonchev–Trinajstić information content (AvgIpc) is 2.93. The van der Waals surface area contributed by atoms with Crippen LogP contribution in [0.2, 0.25) is 5.02 Å². The van der Waals surface area contributed by atoms with Gasteiger partial charge in [0.15, 0.2) is 0 Å². The number of rotatable bonds is 3.